The van der Waals surface area contributed by atoms with Crippen molar-refractivity contribution in [2.24, 2.45) is 123 Å². The van der Waals surface area contributed by atoms with Crippen LogP contribution in [0.5, 0.6) is 0 Å². The van der Waals surface area contributed by atoms with Gasteiger partial charge in [0.05, 0.1) is 36.6 Å². The van der Waals surface area contributed by atoms with Gasteiger partial charge in [-0.1, -0.05) is 262 Å². The second-order valence-corrected chi connectivity index (χ2v) is 38.1. The number of hydrogen-bond donors (Lipinski definition) is 4. The standard InChI is InChI=1S/2C11H22.C10H18.2C9H18O.C9H18.C8H16O.3C7H14O/c2*1-9(2)10-7-5-6-8-11(10,3)4;1-8(2)9-6-10(7-9)4-3-5-10;2*1-7(2)8-5-3-4-6-9(8)10;1-8(2)9-6-4-3-5-7-9;1-6(2)7-4-3-5-8(7)9;2*1-6(2)7-4-3-5-8-7;1-5(2)6-3-4-7(6)8/h2*9-10H,5-8H2,1-4H3;8-9H,3-7H2,1-2H3;2*7-10H,3-6H2,1-2H3;8-9H,3-7H2,1-2H3;6-9H,3-5H2,1-2H3;2*6-7H,3-5H2,1-2H3;5-8H,3-4H2,1-2H3/t;;;2*8?,9-;;7?,8-;;;6?,7-/m...00.0..0/s1. The first kappa shape index (κ1) is 89.8. The third-order valence-electron chi connectivity index (χ3n) is 26.4. The number of rotatable bonds is 10. The van der Waals surface area contributed by atoms with Gasteiger partial charge in [0, 0.05) is 13.2 Å². The molecule has 6 nitrogen and oxygen atoms in total. The third kappa shape index (κ3) is 34.2. The molecule has 12 atom stereocenters. The van der Waals surface area contributed by atoms with Crippen LogP contribution in [0.4, 0.5) is 0 Å². The fourth-order valence-electron chi connectivity index (χ4n) is 19.0. The minimum Gasteiger partial charge on any atom is -0.393 e. The highest BCUT2D eigenvalue weighted by atomic mass is 16.5. The Bertz CT molecular complexity index is 1690. The highest BCUT2D eigenvalue weighted by molar-refractivity contribution is 4.99. The summed E-state index contributed by atoms with van der Waals surface area (Å²) < 4.78 is 10.8. The van der Waals surface area contributed by atoms with Crippen LogP contribution in [0.1, 0.15) is 391 Å². The van der Waals surface area contributed by atoms with Crippen molar-refractivity contribution < 1.29 is 29.9 Å². The van der Waals surface area contributed by atoms with Crippen LogP contribution in [-0.4, -0.2) is 70.3 Å². The predicted octanol–water partition coefficient (Wildman–Crippen LogP) is 25.4. The Kier molecular flexibility index (Phi) is 45.0. The molecule has 0 amide bonds. The van der Waals surface area contributed by atoms with E-state index in [9.17, 15) is 15.3 Å². The molecule has 11 fully saturated rings. The van der Waals surface area contributed by atoms with Crippen LogP contribution in [0.3, 0.4) is 0 Å². The number of aliphatic hydroxyl groups excluding tert-OH is 4. The first-order chi connectivity index (χ1) is 44.1. The topological polar surface area (TPSA) is 99.4 Å². The van der Waals surface area contributed by atoms with Crippen molar-refractivity contribution in [3.8, 4) is 0 Å². The van der Waals surface area contributed by atoms with Crippen LogP contribution in [0.25, 0.3) is 0 Å². The molecule has 11 rings (SSSR count). The SMILES string of the molecule is CC(C)C1CC2(CCC2)C1.CC(C)C1CCCCC1.CC(C)C1CCCCC1(C)C.CC(C)C1CCCCC1(C)C.CC(C)C1CCCC[C@@H]1O.CC(C)C1CCCC[C@@H]1O.CC(C)C1CCCO1.CC(C)C1CCCO1.CC(C)C1CCC[C@@H]1O.CC(C)C1CC[C@@H]1O. The van der Waals surface area contributed by atoms with Crippen molar-refractivity contribution >= 4 is 0 Å². The lowest BCUT2D eigenvalue weighted by Crippen LogP contribution is -2.44. The first-order valence-electron chi connectivity index (χ1n) is 42.0. The summed E-state index contributed by atoms with van der Waals surface area (Å²) in [6.45, 7) is 57.1. The van der Waals surface area contributed by atoms with Crippen molar-refractivity contribution in [2.45, 2.75) is 428 Å². The minimum atomic E-state index is -0.00579. The molecular weight excluding hydrogens is 1150 g/mol. The number of aliphatic hydroxyl groups is 4. The van der Waals surface area contributed by atoms with Crippen LogP contribution in [0.2, 0.25) is 0 Å². The molecule has 0 aromatic heterocycles. The van der Waals surface area contributed by atoms with Gasteiger partial charge in [0.1, 0.15) is 0 Å². The van der Waals surface area contributed by atoms with Gasteiger partial charge < -0.3 is 29.9 Å². The van der Waals surface area contributed by atoms with Gasteiger partial charge in [-0.05, 0) is 251 Å². The molecule has 6 heteroatoms. The smallest absolute Gasteiger partial charge is 0.0598 e. The zero-order valence-corrected chi connectivity index (χ0v) is 68.1. The van der Waals surface area contributed by atoms with E-state index in [-0.39, 0.29) is 24.4 Å². The molecule has 562 valence electrons. The average molecular weight is 1330 g/mol. The molecule has 9 saturated carbocycles. The lowest BCUT2D eigenvalue weighted by Gasteiger charge is -2.55. The maximum Gasteiger partial charge on any atom is 0.0598 e. The van der Waals surface area contributed by atoms with Gasteiger partial charge in [0.25, 0.3) is 0 Å². The van der Waals surface area contributed by atoms with Crippen LogP contribution in [0, 0.1) is 123 Å². The summed E-state index contributed by atoms with van der Waals surface area (Å²) in [5, 5.41) is 37.5. The summed E-state index contributed by atoms with van der Waals surface area (Å²) in [7, 11) is 0. The molecule has 11 aliphatic rings. The van der Waals surface area contributed by atoms with Gasteiger partial charge in [-0.15, -0.1) is 0 Å². The largest absolute Gasteiger partial charge is 0.393 e. The van der Waals surface area contributed by atoms with E-state index in [4.69, 9.17) is 14.6 Å². The molecule has 2 aliphatic heterocycles. The Hall–Kier alpha value is -0.240. The first-order valence-corrected chi connectivity index (χ1v) is 42.0. The van der Waals surface area contributed by atoms with Crippen molar-refractivity contribution in [2.75, 3.05) is 13.2 Å². The highest BCUT2D eigenvalue weighted by Gasteiger charge is 2.48. The normalized spacial score (nSPS) is 31.7. The molecule has 2 heterocycles. The summed E-state index contributed by atoms with van der Waals surface area (Å²) in [5.74, 6) is 14.2. The summed E-state index contributed by atoms with van der Waals surface area (Å²) in [6, 6.07) is 0. The Balaban J connectivity index is 0.000000356. The lowest BCUT2D eigenvalue weighted by molar-refractivity contribution is -0.0435. The van der Waals surface area contributed by atoms with Crippen molar-refractivity contribution in [1.82, 2.24) is 0 Å². The Morgan fingerprint density at radius 3 is 0.766 bits per heavy atom. The van der Waals surface area contributed by atoms with Crippen LogP contribution in [-0.2, 0) is 9.47 Å². The van der Waals surface area contributed by atoms with Crippen LogP contribution in [0.15, 0.2) is 0 Å². The fraction of sp³-hybridized carbons (Fsp3) is 1.00. The second kappa shape index (κ2) is 47.1. The van der Waals surface area contributed by atoms with Crippen molar-refractivity contribution in [3.63, 3.8) is 0 Å². The molecule has 0 aromatic rings. The van der Waals surface area contributed by atoms with E-state index in [1.807, 2.05) is 0 Å². The zero-order valence-electron chi connectivity index (χ0n) is 68.1. The van der Waals surface area contributed by atoms with Gasteiger partial charge in [-0.2, -0.15) is 0 Å². The van der Waals surface area contributed by atoms with Gasteiger partial charge in [-0.3, -0.25) is 0 Å². The molecule has 0 aromatic carbocycles. The number of hydrogen-bond acceptors (Lipinski definition) is 6. The molecular formula is C88H174O6. The van der Waals surface area contributed by atoms with E-state index in [0.29, 0.717) is 70.4 Å². The highest BCUT2D eigenvalue weighted by Crippen LogP contribution is 2.60. The summed E-state index contributed by atoms with van der Waals surface area (Å²) in [4.78, 5) is 0. The average Bonchev–Trinajstić information content (AvgIpc) is 0.791. The second-order valence-electron chi connectivity index (χ2n) is 38.1. The summed E-state index contributed by atoms with van der Waals surface area (Å²) in [6.07, 6.45) is 48.5. The molecule has 9 aliphatic carbocycles. The van der Waals surface area contributed by atoms with E-state index in [0.717, 1.165) is 103 Å². The van der Waals surface area contributed by atoms with Gasteiger partial charge in [0.2, 0.25) is 0 Å². The van der Waals surface area contributed by atoms with Crippen molar-refractivity contribution in [3.05, 3.63) is 0 Å². The minimum absolute atomic E-state index is 0.00463. The van der Waals surface area contributed by atoms with E-state index in [1.165, 1.54) is 173 Å². The van der Waals surface area contributed by atoms with Gasteiger partial charge in [-0.25, -0.2) is 0 Å². The number of ether oxygens (including phenoxy) is 2. The summed E-state index contributed by atoms with van der Waals surface area (Å²) in [5.41, 5.74) is 2.13. The molecule has 0 bridgehead atoms. The van der Waals surface area contributed by atoms with E-state index in [2.05, 4.69) is 166 Å². The predicted molar refractivity (Wildman–Crippen MR) is 411 cm³/mol. The maximum absolute atomic E-state index is 9.54. The van der Waals surface area contributed by atoms with Crippen molar-refractivity contribution in [1.29, 1.82) is 0 Å². The van der Waals surface area contributed by atoms with E-state index < -0.39 is 0 Å². The summed E-state index contributed by atoms with van der Waals surface area (Å²) >= 11 is 0. The van der Waals surface area contributed by atoms with Crippen LogP contribution < -0.4 is 0 Å². The Morgan fingerprint density at radius 1 is 0.255 bits per heavy atom. The molecule has 0 radical (unpaired) electrons. The Morgan fingerprint density at radius 2 is 0.574 bits per heavy atom. The van der Waals surface area contributed by atoms with Gasteiger partial charge >= 0.3 is 0 Å². The monoisotopic (exact) mass is 1330 g/mol. The third-order valence-corrected chi connectivity index (χ3v) is 26.4. The van der Waals surface area contributed by atoms with E-state index in [1.54, 1.807) is 25.7 Å². The molecule has 4 N–H and O–H groups in total. The zero-order chi connectivity index (χ0) is 70.9. The lowest BCUT2D eigenvalue weighted by atomic mass is 9.50. The molecule has 8 unspecified atom stereocenters. The maximum atomic E-state index is 9.54. The van der Waals surface area contributed by atoms with E-state index >= 15 is 0 Å². The Labute approximate surface area is 590 Å². The quantitative estimate of drug-likeness (QED) is 0.174. The van der Waals surface area contributed by atoms with Gasteiger partial charge in [0.15, 0.2) is 0 Å². The molecule has 2 saturated heterocycles. The molecule has 1 spiro atoms. The van der Waals surface area contributed by atoms with Crippen LogP contribution >= 0.6 is 0 Å². The fourth-order valence-corrected chi connectivity index (χ4v) is 19.0. The molecule has 94 heavy (non-hydrogen) atoms.